The minimum atomic E-state index is -0.440. The van der Waals surface area contributed by atoms with E-state index in [1.807, 2.05) is 25.1 Å². The Morgan fingerprint density at radius 2 is 1.96 bits per heavy atom. The number of amides is 1. The molecule has 6 heteroatoms. The second kappa shape index (κ2) is 10.5. The van der Waals surface area contributed by atoms with Gasteiger partial charge in [0.25, 0.3) is 0 Å². The molecule has 1 aromatic carbocycles. The van der Waals surface area contributed by atoms with Crippen molar-refractivity contribution in [1.82, 2.24) is 10.6 Å². The summed E-state index contributed by atoms with van der Waals surface area (Å²) >= 11 is 0. The van der Waals surface area contributed by atoms with Crippen LogP contribution < -0.4 is 15.4 Å². The van der Waals surface area contributed by atoms with Crippen LogP contribution in [0.3, 0.4) is 0 Å². The zero-order valence-corrected chi connectivity index (χ0v) is 16.2. The van der Waals surface area contributed by atoms with Gasteiger partial charge in [-0.1, -0.05) is 12.1 Å². The highest BCUT2D eigenvalue weighted by Gasteiger charge is 2.39. The van der Waals surface area contributed by atoms with Crippen LogP contribution in [0.25, 0.3) is 0 Å². The molecule has 1 aromatic rings. The van der Waals surface area contributed by atoms with Gasteiger partial charge >= 0.3 is 0 Å². The average molecular weight is 364 g/mol. The zero-order valence-electron chi connectivity index (χ0n) is 16.2. The molecular weight excluding hydrogens is 332 g/mol. The van der Waals surface area contributed by atoms with Crippen LogP contribution in [0.5, 0.6) is 5.75 Å². The van der Waals surface area contributed by atoms with Gasteiger partial charge in [-0.05, 0) is 44.5 Å². The normalized spacial score (nSPS) is 16.3. The quantitative estimate of drug-likeness (QED) is 0.622. The zero-order chi connectivity index (χ0) is 18.8. The smallest absolute Gasteiger partial charge is 0.228 e. The SMILES string of the molecule is COCCCOc1cc(C)ccc1CNC(=O)C1(COC)CCNCC1. The summed E-state index contributed by atoms with van der Waals surface area (Å²) in [6.45, 7) is 5.90. The van der Waals surface area contributed by atoms with Crippen LogP contribution >= 0.6 is 0 Å². The van der Waals surface area contributed by atoms with Crippen molar-refractivity contribution in [2.24, 2.45) is 5.41 Å². The molecule has 1 fully saturated rings. The maximum absolute atomic E-state index is 12.9. The molecular formula is C20H32N2O4. The van der Waals surface area contributed by atoms with Gasteiger partial charge in [0.1, 0.15) is 5.75 Å². The molecule has 6 nitrogen and oxygen atoms in total. The molecule has 0 atom stereocenters. The first-order chi connectivity index (χ1) is 12.6. The fraction of sp³-hybridized carbons (Fsp3) is 0.650. The third-order valence-electron chi connectivity index (χ3n) is 4.88. The molecule has 0 unspecified atom stereocenters. The molecule has 1 aliphatic rings. The van der Waals surface area contributed by atoms with Crippen LogP contribution in [0.4, 0.5) is 0 Å². The van der Waals surface area contributed by atoms with Crippen molar-refractivity contribution in [2.75, 3.05) is 47.1 Å². The van der Waals surface area contributed by atoms with Gasteiger partial charge in [-0.2, -0.15) is 0 Å². The molecule has 2 N–H and O–H groups in total. The summed E-state index contributed by atoms with van der Waals surface area (Å²) in [6.07, 6.45) is 2.42. The summed E-state index contributed by atoms with van der Waals surface area (Å²) in [4.78, 5) is 12.9. The van der Waals surface area contributed by atoms with E-state index in [1.54, 1.807) is 14.2 Å². The van der Waals surface area contributed by atoms with Gasteiger partial charge in [0.15, 0.2) is 0 Å². The lowest BCUT2D eigenvalue weighted by atomic mass is 9.78. The van der Waals surface area contributed by atoms with E-state index in [4.69, 9.17) is 14.2 Å². The Morgan fingerprint density at radius 3 is 2.65 bits per heavy atom. The number of piperidine rings is 1. The Hall–Kier alpha value is -1.63. The number of ether oxygens (including phenoxy) is 3. The first-order valence-corrected chi connectivity index (χ1v) is 9.30. The lowest BCUT2D eigenvalue weighted by Crippen LogP contribution is -2.50. The molecule has 0 saturated carbocycles. The second-order valence-corrected chi connectivity index (χ2v) is 6.95. The fourth-order valence-corrected chi connectivity index (χ4v) is 3.31. The molecule has 26 heavy (non-hydrogen) atoms. The number of benzene rings is 1. The van der Waals surface area contributed by atoms with Crippen molar-refractivity contribution in [1.29, 1.82) is 0 Å². The van der Waals surface area contributed by atoms with Gasteiger partial charge in [-0.3, -0.25) is 4.79 Å². The summed E-state index contributed by atoms with van der Waals surface area (Å²) < 4.78 is 16.3. The molecule has 0 radical (unpaired) electrons. The lowest BCUT2D eigenvalue weighted by molar-refractivity contribution is -0.136. The van der Waals surface area contributed by atoms with E-state index in [1.165, 1.54) is 0 Å². The van der Waals surface area contributed by atoms with Crippen LogP contribution in [-0.4, -0.2) is 53.0 Å². The molecule has 1 aliphatic heterocycles. The van der Waals surface area contributed by atoms with Crippen LogP contribution in [0, 0.1) is 12.3 Å². The minimum Gasteiger partial charge on any atom is -0.493 e. The third-order valence-corrected chi connectivity index (χ3v) is 4.88. The Balaban J connectivity index is 1.99. The molecule has 1 amide bonds. The summed E-state index contributed by atoms with van der Waals surface area (Å²) in [5.74, 6) is 0.888. The fourth-order valence-electron chi connectivity index (χ4n) is 3.31. The number of hydrogen-bond donors (Lipinski definition) is 2. The number of carbonyl (C=O) groups excluding carboxylic acids is 1. The number of aryl methyl sites for hydroxylation is 1. The van der Waals surface area contributed by atoms with Gasteiger partial charge in [0.2, 0.25) is 5.91 Å². The van der Waals surface area contributed by atoms with Crippen LogP contribution in [-0.2, 0) is 20.8 Å². The van der Waals surface area contributed by atoms with E-state index in [9.17, 15) is 4.79 Å². The molecule has 1 heterocycles. The predicted octanol–water partition coefficient (Wildman–Crippen LogP) is 2.04. The van der Waals surface area contributed by atoms with E-state index >= 15 is 0 Å². The van der Waals surface area contributed by atoms with Crippen molar-refractivity contribution in [2.45, 2.75) is 32.7 Å². The number of methoxy groups -OCH3 is 2. The number of carbonyl (C=O) groups is 1. The van der Waals surface area contributed by atoms with Gasteiger partial charge in [0, 0.05) is 39.4 Å². The standard InChI is InChI=1S/C20H32N2O4/c1-16-5-6-17(18(13-16)26-12-4-11-24-2)14-22-19(23)20(15-25-3)7-9-21-10-8-20/h5-6,13,21H,4,7-12,14-15H2,1-3H3,(H,22,23). The first kappa shape index (κ1) is 20.7. The van der Waals surface area contributed by atoms with E-state index in [0.29, 0.717) is 26.4 Å². The van der Waals surface area contributed by atoms with Gasteiger partial charge < -0.3 is 24.8 Å². The second-order valence-electron chi connectivity index (χ2n) is 6.95. The van der Waals surface area contributed by atoms with E-state index in [0.717, 1.165) is 49.2 Å². The molecule has 146 valence electrons. The Kier molecular flexibility index (Phi) is 8.35. The molecule has 0 aromatic heterocycles. The van der Waals surface area contributed by atoms with Crippen molar-refractivity contribution in [3.05, 3.63) is 29.3 Å². The minimum absolute atomic E-state index is 0.0618. The number of hydrogen-bond acceptors (Lipinski definition) is 5. The number of rotatable bonds is 10. The van der Waals surface area contributed by atoms with Crippen molar-refractivity contribution in [3.63, 3.8) is 0 Å². The van der Waals surface area contributed by atoms with E-state index in [-0.39, 0.29) is 5.91 Å². The Bertz CT molecular complexity index is 565. The van der Waals surface area contributed by atoms with E-state index < -0.39 is 5.41 Å². The third kappa shape index (κ3) is 5.69. The molecule has 0 spiro atoms. The summed E-state index contributed by atoms with van der Waals surface area (Å²) in [6, 6.07) is 6.08. The largest absolute Gasteiger partial charge is 0.493 e. The van der Waals surface area contributed by atoms with Crippen LogP contribution in [0.1, 0.15) is 30.4 Å². The average Bonchev–Trinajstić information content (AvgIpc) is 2.65. The highest BCUT2D eigenvalue weighted by molar-refractivity contribution is 5.83. The summed E-state index contributed by atoms with van der Waals surface area (Å²) in [5, 5.41) is 6.41. The maximum Gasteiger partial charge on any atom is 0.228 e. The Morgan fingerprint density at radius 1 is 1.19 bits per heavy atom. The molecule has 0 bridgehead atoms. The monoisotopic (exact) mass is 364 g/mol. The molecule has 0 aliphatic carbocycles. The number of nitrogens with one attached hydrogen (secondary N) is 2. The topological polar surface area (TPSA) is 68.8 Å². The lowest BCUT2D eigenvalue weighted by Gasteiger charge is -2.35. The van der Waals surface area contributed by atoms with Crippen molar-refractivity contribution in [3.8, 4) is 5.75 Å². The Labute approximate surface area is 156 Å². The first-order valence-electron chi connectivity index (χ1n) is 9.30. The van der Waals surface area contributed by atoms with Crippen LogP contribution in [0.15, 0.2) is 18.2 Å². The highest BCUT2D eigenvalue weighted by atomic mass is 16.5. The highest BCUT2D eigenvalue weighted by Crippen LogP contribution is 2.30. The van der Waals surface area contributed by atoms with Gasteiger partial charge in [-0.25, -0.2) is 0 Å². The van der Waals surface area contributed by atoms with E-state index in [2.05, 4.69) is 10.6 Å². The van der Waals surface area contributed by atoms with Crippen molar-refractivity contribution < 1.29 is 19.0 Å². The molecule has 2 rings (SSSR count). The maximum atomic E-state index is 12.9. The van der Waals surface area contributed by atoms with Gasteiger partial charge in [-0.15, -0.1) is 0 Å². The van der Waals surface area contributed by atoms with Crippen LogP contribution in [0.2, 0.25) is 0 Å². The van der Waals surface area contributed by atoms with Gasteiger partial charge in [0.05, 0.1) is 18.6 Å². The predicted molar refractivity (Wildman–Crippen MR) is 101 cm³/mol. The summed E-state index contributed by atoms with van der Waals surface area (Å²) in [7, 11) is 3.34. The molecule has 1 saturated heterocycles. The van der Waals surface area contributed by atoms with Crippen molar-refractivity contribution >= 4 is 5.91 Å². The summed E-state index contributed by atoms with van der Waals surface area (Å²) in [5.41, 5.74) is 1.68.